The van der Waals surface area contributed by atoms with Crippen molar-refractivity contribution in [3.63, 3.8) is 0 Å². The molecule has 0 aliphatic carbocycles. The van der Waals surface area contributed by atoms with Gasteiger partial charge in [-0.05, 0) is 42.7 Å². The summed E-state index contributed by atoms with van der Waals surface area (Å²) in [7, 11) is 0. The number of carbonyl (C=O) groups excluding carboxylic acids is 2. The van der Waals surface area contributed by atoms with Crippen LogP contribution >= 0.6 is 0 Å². The SMILES string of the molecule is O=C1CCCN1CCOc1ccccc1C(=O)N1CCOCC(Cc2cccc3ncccc23)C1. The van der Waals surface area contributed by atoms with Gasteiger partial charge in [-0.2, -0.15) is 0 Å². The van der Waals surface area contributed by atoms with Gasteiger partial charge < -0.3 is 19.3 Å². The van der Waals surface area contributed by atoms with E-state index < -0.39 is 0 Å². The summed E-state index contributed by atoms with van der Waals surface area (Å²) in [4.78, 5) is 33.6. The summed E-state index contributed by atoms with van der Waals surface area (Å²) < 4.78 is 11.9. The Labute approximate surface area is 205 Å². The van der Waals surface area contributed by atoms with Crippen molar-refractivity contribution in [1.29, 1.82) is 0 Å². The molecule has 5 rings (SSSR count). The van der Waals surface area contributed by atoms with Gasteiger partial charge in [0.1, 0.15) is 12.4 Å². The predicted octanol–water partition coefficient (Wildman–Crippen LogP) is 3.57. The van der Waals surface area contributed by atoms with E-state index in [1.165, 1.54) is 5.56 Å². The lowest BCUT2D eigenvalue weighted by molar-refractivity contribution is -0.128. The standard InChI is InChI=1S/C28H31N3O4/c32-27-11-5-13-30(27)15-17-35-26-10-2-1-7-24(26)28(33)31-14-16-34-20-21(19-31)18-22-6-3-9-25-23(22)8-4-12-29-25/h1-4,6-10,12,21H,5,11,13-20H2. The second-order valence-electron chi connectivity index (χ2n) is 9.21. The summed E-state index contributed by atoms with van der Waals surface area (Å²) in [5.74, 6) is 0.871. The number of carbonyl (C=O) groups is 2. The molecule has 0 bridgehead atoms. The zero-order valence-electron chi connectivity index (χ0n) is 19.9. The Kier molecular flexibility index (Phi) is 7.23. The molecule has 3 aromatic rings. The minimum Gasteiger partial charge on any atom is -0.491 e. The van der Waals surface area contributed by atoms with Crippen molar-refractivity contribution in [2.45, 2.75) is 19.3 Å². The zero-order valence-corrected chi connectivity index (χ0v) is 19.9. The van der Waals surface area contributed by atoms with Crippen LogP contribution in [0.25, 0.3) is 10.9 Å². The van der Waals surface area contributed by atoms with Gasteiger partial charge in [-0.25, -0.2) is 0 Å². The Bertz CT molecular complexity index is 1190. The number of para-hydroxylation sites is 1. The van der Waals surface area contributed by atoms with E-state index in [0.717, 1.165) is 30.3 Å². The monoisotopic (exact) mass is 473 g/mol. The Morgan fingerprint density at radius 3 is 2.89 bits per heavy atom. The fraction of sp³-hybridized carbons (Fsp3) is 0.393. The number of amides is 2. The maximum absolute atomic E-state index is 13.6. The number of pyridine rings is 1. The normalized spacial score (nSPS) is 18.6. The Morgan fingerprint density at radius 1 is 1.09 bits per heavy atom. The summed E-state index contributed by atoms with van der Waals surface area (Å²) in [6, 6.07) is 17.6. The molecule has 2 aliphatic heterocycles. The van der Waals surface area contributed by atoms with Crippen molar-refractivity contribution in [3.8, 4) is 5.75 Å². The highest BCUT2D eigenvalue weighted by molar-refractivity contribution is 5.97. The molecule has 7 heteroatoms. The van der Waals surface area contributed by atoms with Crippen molar-refractivity contribution in [2.75, 3.05) is 46.0 Å². The lowest BCUT2D eigenvalue weighted by Gasteiger charge is -2.25. The third-order valence-electron chi connectivity index (χ3n) is 6.78. The fourth-order valence-electron chi connectivity index (χ4n) is 4.99. The molecule has 2 fully saturated rings. The van der Waals surface area contributed by atoms with Gasteiger partial charge in [-0.3, -0.25) is 14.6 Å². The first-order valence-electron chi connectivity index (χ1n) is 12.4. The molecule has 182 valence electrons. The molecule has 0 radical (unpaired) electrons. The van der Waals surface area contributed by atoms with Gasteiger partial charge in [0.25, 0.3) is 5.91 Å². The van der Waals surface area contributed by atoms with Crippen LogP contribution in [0.1, 0.15) is 28.8 Å². The van der Waals surface area contributed by atoms with Gasteiger partial charge >= 0.3 is 0 Å². The average molecular weight is 474 g/mol. The van der Waals surface area contributed by atoms with E-state index in [2.05, 4.69) is 17.1 Å². The molecule has 0 N–H and O–H groups in total. The largest absolute Gasteiger partial charge is 0.491 e. The Hall–Kier alpha value is -3.45. The van der Waals surface area contributed by atoms with Crippen LogP contribution < -0.4 is 4.74 Å². The minimum atomic E-state index is -0.0482. The number of rotatable bonds is 7. The van der Waals surface area contributed by atoms with E-state index in [0.29, 0.717) is 57.2 Å². The Balaban J connectivity index is 1.27. The van der Waals surface area contributed by atoms with Crippen LogP contribution in [-0.4, -0.2) is 72.6 Å². The molecule has 2 aromatic carbocycles. The molecule has 1 atom stereocenters. The highest BCUT2D eigenvalue weighted by atomic mass is 16.5. The number of hydrogen-bond donors (Lipinski definition) is 0. The van der Waals surface area contributed by atoms with Gasteiger partial charge in [0.05, 0.1) is 30.8 Å². The number of fused-ring (bicyclic) bond motifs is 1. The maximum atomic E-state index is 13.6. The van der Waals surface area contributed by atoms with Crippen molar-refractivity contribution in [1.82, 2.24) is 14.8 Å². The van der Waals surface area contributed by atoms with Crippen molar-refractivity contribution in [3.05, 3.63) is 71.9 Å². The highest BCUT2D eigenvalue weighted by Gasteiger charge is 2.26. The lowest BCUT2D eigenvalue weighted by Crippen LogP contribution is -2.36. The van der Waals surface area contributed by atoms with E-state index in [1.807, 2.05) is 58.5 Å². The fourth-order valence-corrected chi connectivity index (χ4v) is 4.99. The average Bonchev–Trinajstić information content (AvgIpc) is 3.15. The number of ether oxygens (including phenoxy) is 2. The molecule has 3 heterocycles. The second-order valence-corrected chi connectivity index (χ2v) is 9.21. The summed E-state index contributed by atoms with van der Waals surface area (Å²) in [6.45, 7) is 3.99. The molecule has 2 amide bonds. The van der Waals surface area contributed by atoms with Crippen LogP contribution in [0.2, 0.25) is 0 Å². The van der Waals surface area contributed by atoms with Gasteiger partial charge in [0.2, 0.25) is 5.91 Å². The highest BCUT2D eigenvalue weighted by Crippen LogP contribution is 2.24. The van der Waals surface area contributed by atoms with E-state index in [9.17, 15) is 9.59 Å². The van der Waals surface area contributed by atoms with E-state index >= 15 is 0 Å². The number of nitrogens with zero attached hydrogens (tertiary/aromatic N) is 3. The van der Waals surface area contributed by atoms with Gasteiger partial charge in [-0.1, -0.05) is 30.3 Å². The van der Waals surface area contributed by atoms with Crippen LogP contribution in [0.5, 0.6) is 5.75 Å². The van der Waals surface area contributed by atoms with Gasteiger partial charge in [0, 0.05) is 43.6 Å². The van der Waals surface area contributed by atoms with Gasteiger partial charge in [-0.15, -0.1) is 0 Å². The molecule has 2 saturated heterocycles. The molecular weight excluding hydrogens is 442 g/mol. The van der Waals surface area contributed by atoms with Crippen LogP contribution in [0, 0.1) is 5.92 Å². The van der Waals surface area contributed by atoms with Crippen molar-refractivity contribution < 1.29 is 19.1 Å². The summed E-state index contributed by atoms with van der Waals surface area (Å²) >= 11 is 0. The summed E-state index contributed by atoms with van der Waals surface area (Å²) in [5.41, 5.74) is 2.75. The number of likely N-dealkylation sites (tertiary alicyclic amines) is 1. The molecular formula is C28H31N3O4. The summed E-state index contributed by atoms with van der Waals surface area (Å²) in [6.07, 6.45) is 4.14. The molecule has 35 heavy (non-hydrogen) atoms. The van der Waals surface area contributed by atoms with Crippen LogP contribution in [0.4, 0.5) is 0 Å². The smallest absolute Gasteiger partial charge is 0.257 e. The van der Waals surface area contributed by atoms with E-state index in [-0.39, 0.29) is 17.7 Å². The molecule has 1 aromatic heterocycles. The molecule has 1 unspecified atom stereocenters. The molecule has 0 saturated carbocycles. The first-order chi connectivity index (χ1) is 17.2. The number of benzene rings is 2. The van der Waals surface area contributed by atoms with Gasteiger partial charge in [0.15, 0.2) is 0 Å². The van der Waals surface area contributed by atoms with Crippen LogP contribution in [-0.2, 0) is 16.0 Å². The first kappa shape index (κ1) is 23.3. The second kappa shape index (κ2) is 10.9. The van der Waals surface area contributed by atoms with E-state index in [4.69, 9.17) is 9.47 Å². The Morgan fingerprint density at radius 2 is 2.00 bits per heavy atom. The number of hydrogen-bond acceptors (Lipinski definition) is 5. The number of aromatic nitrogens is 1. The third kappa shape index (κ3) is 5.46. The zero-order chi connectivity index (χ0) is 24.0. The topological polar surface area (TPSA) is 72.0 Å². The quantitative estimate of drug-likeness (QED) is 0.525. The lowest BCUT2D eigenvalue weighted by atomic mass is 9.96. The molecule has 7 nitrogen and oxygen atoms in total. The van der Waals surface area contributed by atoms with Crippen molar-refractivity contribution >= 4 is 22.7 Å². The van der Waals surface area contributed by atoms with Crippen LogP contribution in [0.3, 0.4) is 0 Å². The minimum absolute atomic E-state index is 0.0482. The third-order valence-corrected chi connectivity index (χ3v) is 6.78. The van der Waals surface area contributed by atoms with Crippen LogP contribution in [0.15, 0.2) is 60.8 Å². The molecule has 2 aliphatic rings. The maximum Gasteiger partial charge on any atom is 0.257 e. The molecule has 0 spiro atoms. The van der Waals surface area contributed by atoms with E-state index in [1.54, 1.807) is 0 Å². The van der Waals surface area contributed by atoms with Crippen molar-refractivity contribution in [2.24, 2.45) is 5.92 Å². The summed E-state index contributed by atoms with van der Waals surface area (Å²) in [5, 5.41) is 1.15. The first-order valence-corrected chi connectivity index (χ1v) is 12.4. The predicted molar refractivity (Wildman–Crippen MR) is 133 cm³/mol.